The summed E-state index contributed by atoms with van der Waals surface area (Å²) in [6.07, 6.45) is 1.28. The molecule has 2 rings (SSSR count). The van der Waals surface area contributed by atoms with Crippen molar-refractivity contribution in [1.82, 2.24) is 0 Å². The van der Waals surface area contributed by atoms with Crippen molar-refractivity contribution in [2.75, 3.05) is 10.6 Å². The zero-order valence-electron chi connectivity index (χ0n) is 12.9. The number of Topliss-reactive ketones (excluding diaryl/α,β-unsaturated/α-hetero) is 1. The molecule has 0 spiro atoms. The highest BCUT2D eigenvalue weighted by Gasteiger charge is 2.09. The molecule has 2 aromatic rings. The Morgan fingerprint density at radius 2 is 1.62 bits per heavy atom. The van der Waals surface area contributed by atoms with Crippen LogP contribution in [0, 0.1) is 11.3 Å². The average molecular weight is 321 g/mol. The van der Waals surface area contributed by atoms with Crippen LogP contribution in [0.2, 0.25) is 0 Å². The van der Waals surface area contributed by atoms with Crippen LogP contribution in [0.4, 0.5) is 11.4 Å². The van der Waals surface area contributed by atoms with E-state index in [4.69, 9.17) is 5.26 Å². The van der Waals surface area contributed by atoms with E-state index in [0.717, 1.165) is 0 Å². The van der Waals surface area contributed by atoms with Crippen LogP contribution in [-0.4, -0.2) is 16.8 Å². The predicted octanol–water partition coefficient (Wildman–Crippen LogP) is 3.05. The summed E-state index contributed by atoms with van der Waals surface area (Å²) in [5.74, 6) is -0.514. The molecule has 0 radical (unpaired) electrons. The fraction of sp³-hybridized carbons (Fsp3) is 0.0556. The molecule has 0 heterocycles. The zero-order valence-corrected chi connectivity index (χ0v) is 12.9. The molecule has 0 aliphatic heterocycles. The van der Waals surface area contributed by atoms with Crippen molar-refractivity contribution >= 4 is 23.1 Å². The molecule has 0 aromatic heterocycles. The first-order chi connectivity index (χ1) is 11.5. The summed E-state index contributed by atoms with van der Waals surface area (Å²) in [5, 5.41) is 23.7. The molecule has 2 aromatic carbocycles. The molecule has 0 bridgehead atoms. The SMILES string of the molecule is CC(=O)c1ccc(NC(=O)/C(C#N)=C\Nc2ccc(O)cc2)cc1. The van der Waals surface area contributed by atoms with Gasteiger partial charge in [-0.05, 0) is 55.5 Å². The van der Waals surface area contributed by atoms with Crippen LogP contribution >= 0.6 is 0 Å². The molecule has 6 nitrogen and oxygen atoms in total. The fourth-order valence-electron chi connectivity index (χ4n) is 1.85. The van der Waals surface area contributed by atoms with Crippen molar-refractivity contribution in [3.05, 3.63) is 65.9 Å². The maximum atomic E-state index is 12.1. The highest BCUT2D eigenvalue weighted by Crippen LogP contribution is 2.15. The number of hydrogen-bond donors (Lipinski definition) is 3. The Hall–Kier alpha value is -3.59. The highest BCUT2D eigenvalue weighted by atomic mass is 16.3. The van der Waals surface area contributed by atoms with E-state index >= 15 is 0 Å². The lowest BCUT2D eigenvalue weighted by Gasteiger charge is -2.06. The lowest BCUT2D eigenvalue weighted by atomic mass is 10.1. The highest BCUT2D eigenvalue weighted by molar-refractivity contribution is 6.07. The number of carbonyl (C=O) groups is 2. The minimum absolute atomic E-state index is 0.0661. The first-order valence-electron chi connectivity index (χ1n) is 7.08. The molecule has 1 amide bonds. The van der Waals surface area contributed by atoms with E-state index in [-0.39, 0.29) is 17.1 Å². The van der Waals surface area contributed by atoms with Gasteiger partial charge in [0, 0.05) is 23.1 Å². The van der Waals surface area contributed by atoms with Gasteiger partial charge >= 0.3 is 0 Å². The number of rotatable bonds is 5. The second-order valence-electron chi connectivity index (χ2n) is 4.95. The fourth-order valence-corrected chi connectivity index (χ4v) is 1.85. The molecule has 0 fully saturated rings. The molecular weight excluding hydrogens is 306 g/mol. The van der Waals surface area contributed by atoms with Crippen LogP contribution in [0.5, 0.6) is 5.75 Å². The Morgan fingerprint density at radius 3 is 2.17 bits per heavy atom. The second-order valence-corrected chi connectivity index (χ2v) is 4.95. The third-order valence-electron chi connectivity index (χ3n) is 3.16. The van der Waals surface area contributed by atoms with Gasteiger partial charge < -0.3 is 15.7 Å². The van der Waals surface area contributed by atoms with Gasteiger partial charge in [-0.15, -0.1) is 0 Å². The van der Waals surface area contributed by atoms with E-state index in [0.29, 0.717) is 16.9 Å². The van der Waals surface area contributed by atoms with E-state index in [1.54, 1.807) is 36.4 Å². The number of hydrogen-bond acceptors (Lipinski definition) is 5. The van der Waals surface area contributed by atoms with Crippen LogP contribution in [0.1, 0.15) is 17.3 Å². The molecule has 0 aliphatic rings. The third kappa shape index (κ3) is 4.45. The standard InChI is InChI=1S/C18H15N3O3/c1-12(22)13-2-4-16(5-3-13)21-18(24)14(10-19)11-20-15-6-8-17(23)9-7-15/h2-9,11,20,23H,1H3,(H,21,24)/b14-11-. The maximum absolute atomic E-state index is 12.1. The summed E-state index contributed by atoms with van der Waals surface area (Å²) in [4.78, 5) is 23.3. The monoisotopic (exact) mass is 321 g/mol. The molecule has 0 saturated heterocycles. The van der Waals surface area contributed by atoms with Gasteiger partial charge in [-0.25, -0.2) is 0 Å². The van der Waals surface area contributed by atoms with E-state index in [1.165, 1.54) is 25.3 Å². The molecule has 0 unspecified atom stereocenters. The van der Waals surface area contributed by atoms with Gasteiger partial charge in [0.25, 0.3) is 5.91 Å². The Labute approximate surface area is 139 Å². The number of aromatic hydroxyl groups is 1. The van der Waals surface area contributed by atoms with Crippen molar-refractivity contribution in [3.63, 3.8) is 0 Å². The molecule has 3 N–H and O–H groups in total. The van der Waals surface area contributed by atoms with Gasteiger partial charge in [0.1, 0.15) is 17.4 Å². The number of nitriles is 1. The first kappa shape index (κ1) is 16.8. The van der Waals surface area contributed by atoms with Crippen molar-refractivity contribution < 1.29 is 14.7 Å². The summed E-state index contributed by atoms with van der Waals surface area (Å²) in [7, 11) is 0. The number of ketones is 1. The molecule has 0 aliphatic carbocycles. The number of nitrogens with one attached hydrogen (secondary N) is 2. The Bertz CT molecular complexity index is 816. The van der Waals surface area contributed by atoms with Gasteiger partial charge in [0.05, 0.1) is 0 Å². The van der Waals surface area contributed by atoms with Crippen molar-refractivity contribution in [1.29, 1.82) is 5.26 Å². The number of carbonyl (C=O) groups excluding carboxylic acids is 2. The molecule has 24 heavy (non-hydrogen) atoms. The van der Waals surface area contributed by atoms with Crippen LogP contribution in [0.15, 0.2) is 60.3 Å². The van der Waals surface area contributed by atoms with Crippen LogP contribution in [-0.2, 0) is 4.79 Å². The lowest BCUT2D eigenvalue weighted by Crippen LogP contribution is -2.14. The number of nitrogens with zero attached hydrogens (tertiary/aromatic N) is 1. The third-order valence-corrected chi connectivity index (χ3v) is 3.16. The summed E-state index contributed by atoms with van der Waals surface area (Å²) in [5.41, 5.74) is 1.53. The van der Waals surface area contributed by atoms with E-state index in [1.807, 2.05) is 6.07 Å². The molecule has 0 saturated carbocycles. The second kappa shape index (κ2) is 7.61. The summed E-state index contributed by atoms with van der Waals surface area (Å²) in [6.45, 7) is 1.46. The van der Waals surface area contributed by atoms with E-state index in [2.05, 4.69) is 10.6 Å². The van der Waals surface area contributed by atoms with Crippen LogP contribution in [0.25, 0.3) is 0 Å². The Kier molecular flexibility index (Phi) is 5.32. The normalized spacial score (nSPS) is 10.6. The largest absolute Gasteiger partial charge is 0.508 e. The minimum atomic E-state index is -0.570. The molecule has 120 valence electrons. The van der Waals surface area contributed by atoms with E-state index in [9.17, 15) is 14.7 Å². The summed E-state index contributed by atoms with van der Waals surface area (Å²) < 4.78 is 0. The van der Waals surface area contributed by atoms with Crippen molar-refractivity contribution in [2.24, 2.45) is 0 Å². The number of phenols is 1. The molecular formula is C18H15N3O3. The Morgan fingerprint density at radius 1 is 1.04 bits per heavy atom. The van der Waals surface area contributed by atoms with Crippen molar-refractivity contribution in [2.45, 2.75) is 6.92 Å². The van der Waals surface area contributed by atoms with Crippen molar-refractivity contribution in [3.8, 4) is 11.8 Å². The summed E-state index contributed by atoms with van der Waals surface area (Å²) in [6, 6.07) is 14.4. The van der Waals surface area contributed by atoms with Gasteiger partial charge in [0.15, 0.2) is 5.78 Å². The van der Waals surface area contributed by atoms with Gasteiger partial charge in [-0.3, -0.25) is 9.59 Å². The Balaban J connectivity index is 2.05. The number of anilines is 2. The topological polar surface area (TPSA) is 102 Å². The average Bonchev–Trinajstić information content (AvgIpc) is 2.57. The smallest absolute Gasteiger partial charge is 0.267 e. The number of phenolic OH excluding ortho intramolecular Hbond substituents is 1. The molecule has 0 atom stereocenters. The minimum Gasteiger partial charge on any atom is -0.508 e. The van der Waals surface area contributed by atoms with E-state index < -0.39 is 5.91 Å². The zero-order chi connectivity index (χ0) is 17.5. The quantitative estimate of drug-likeness (QED) is 0.340. The van der Waals surface area contributed by atoms with Gasteiger partial charge in [-0.1, -0.05) is 0 Å². The summed E-state index contributed by atoms with van der Waals surface area (Å²) >= 11 is 0. The van der Waals surface area contributed by atoms with Gasteiger partial charge in [0.2, 0.25) is 0 Å². The first-order valence-corrected chi connectivity index (χ1v) is 7.08. The van der Waals surface area contributed by atoms with Gasteiger partial charge in [-0.2, -0.15) is 5.26 Å². The maximum Gasteiger partial charge on any atom is 0.267 e. The predicted molar refractivity (Wildman–Crippen MR) is 90.5 cm³/mol. The molecule has 6 heteroatoms. The number of benzene rings is 2. The van der Waals surface area contributed by atoms with Crippen LogP contribution in [0.3, 0.4) is 0 Å². The number of amides is 1. The van der Waals surface area contributed by atoms with Crippen LogP contribution < -0.4 is 10.6 Å². The lowest BCUT2D eigenvalue weighted by molar-refractivity contribution is -0.112.